The second-order valence-electron chi connectivity index (χ2n) is 9.76. The quantitative estimate of drug-likeness (QED) is 0.376. The van der Waals surface area contributed by atoms with Crippen molar-refractivity contribution in [3.8, 4) is 0 Å². The van der Waals surface area contributed by atoms with Gasteiger partial charge in [0.2, 0.25) is 0 Å². The van der Waals surface area contributed by atoms with Crippen LogP contribution in [0, 0.1) is 0 Å². The van der Waals surface area contributed by atoms with E-state index in [1.165, 1.54) is 0 Å². The molecule has 0 spiro atoms. The van der Waals surface area contributed by atoms with Crippen molar-refractivity contribution in [1.82, 2.24) is 0 Å². The fourth-order valence-electron chi connectivity index (χ4n) is 4.79. The Morgan fingerprint density at radius 3 is 1.38 bits per heavy atom. The maximum Gasteiger partial charge on any atom is 0.338 e. The van der Waals surface area contributed by atoms with Crippen molar-refractivity contribution in [2.75, 3.05) is 0 Å². The molecule has 3 aromatic rings. The summed E-state index contributed by atoms with van der Waals surface area (Å²) in [6.45, 7) is 3.29. The third kappa shape index (κ3) is 5.70. The molecule has 1 saturated heterocycles. The van der Waals surface area contributed by atoms with E-state index in [2.05, 4.69) is 0 Å². The van der Waals surface area contributed by atoms with Crippen molar-refractivity contribution in [2.45, 2.75) is 56.3 Å². The Labute approximate surface area is 225 Å². The lowest BCUT2D eigenvalue weighted by Gasteiger charge is -2.43. The minimum Gasteiger partial charge on any atom is -0.452 e. The van der Waals surface area contributed by atoms with E-state index in [0.717, 1.165) is 0 Å². The van der Waals surface area contributed by atoms with Gasteiger partial charge in [0.15, 0.2) is 24.1 Å². The van der Waals surface area contributed by atoms with Gasteiger partial charge in [0, 0.05) is 0 Å². The Morgan fingerprint density at radius 2 is 0.949 bits per heavy atom. The lowest BCUT2D eigenvalue weighted by Crippen LogP contribution is -2.65. The zero-order valence-corrected chi connectivity index (χ0v) is 21.3. The molecule has 3 aromatic carbocycles. The number of carbonyl (C=O) groups excluding carboxylic acids is 3. The first kappa shape index (κ1) is 26.6. The SMILES string of the molecule is CC1(C)O[C@@H]2[C@H](OC(=O)c3ccccc3)[C@@H](OC(=O)c3ccccc3)[C@H](OC(=O)c3ccccc3)[C@@H](O)[C@@H]2O1. The Kier molecular flexibility index (Phi) is 7.47. The molecule has 1 aliphatic heterocycles. The first-order valence-corrected chi connectivity index (χ1v) is 12.6. The highest BCUT2D eigenvalue weighted by molar-refractivity contribution is 5.91. The number of fused-ring (bicyclic) bond motifs is 1. The van der Waals surface area contributed by atoms with Crippen LogP contribution >= 0.6 is 0 Å². The minimum atomic E-state index is -1.47. The number of hydrogen-bond donors (Lipinski definition) is 1. The minimum absolute atomic E-state index is 0.222. The van der Waals surface area contributed by atoms with Crippen molar-refractivity contribution < 1.29 is 43.2 Å². The van der Waals surface area contributed by atoms with E-state index < -0.39 is 60.3 Å². The highest BCUT2D eigenvalue weighted by Gasteiger charge is 2.62. The van der Waals surface area contributed by atoms with E-state index in [0.29, 0.717) is 0 Å². The molecule has 5 rings (SSSR count). The molecule has 39 heavy (non-hydrogen) atoms. The largest absolute Gasteiger partial charge is 0.452 e. The molecule has 1 aliphatic carbocycles. The van der Waals surface area contributed by atoms with Crippen LogP contribution in [0.3, 0.4) is 0 Å². The van der Waals surface area contributed by atoms with E-state index in [-0.39, 0.29) is 16.7 Å². The molecule has 0 aromatic heterocycles. The summed E-state index contributed by atoms with van der Waals surface area (Å²) < 4.78 is 29.4. The fraction of sp³-hybridized carbons (Fsp3) is 0.300. The van der Waals surface area contributed by atoms with Gasteiger partial charge in [0.1, 0.15) is 18.3 Å². The van der Waals surface area contributed by atoms with Gasteiger partial charge in [0.05, 0.1) is 16.7 Å². The molecule has 0 radical (unpaired) electrons. The lowest BCUT2D eigenvalue weighted by atomic mass is 9.84. The Bertz CT molecular complexity index is 1310. The van der Waals surface area contributed by atoms with Crippen LogP contribution in [0.15, 0.2) is 91.0 Å². The van der Waals surface area contributed by atoms with Crippen LogP contribution in [0.1, 0.15) is 44.9 Å². The third-order valence-electron chi connectivity index (χ3n) is 6.57. The number of carbonyl (C=O) groups is 3. The van der Waals surface area contributed by atoms with Gasteiger partial charge in [0.25, 0.3) is 0 Å². The van der Waals surface area contributed by atoms with Crippen LogP contribution in [-0.2, 0) is 23.7 Å². The lowest BCUT2D eigenvalue weighted by molar-refractivity contribution is -0.194. The summed E-state index contributed by atoms with van der Waals surface area (Å²) in [7, 11) is 0. The van der Waals surface area contributed by atoms with Gasteiger partial charge in [-0.05, 0) is 50.2 Å². The van der Waals surface area contributed by atoms with Gasteiger partial charge < -0.3 is 28.8 Å². The van der Waals surface area contributed by atoms with Gasteiger partial charge in [-0.15, -0.1) is 0 Å². The summed E-state index contributed by atoms with van der Waals surface area (Å²) in [5.41, 5.74) is 0.699. The number of esters is 3. The van der Waals surface area contributed by atoms with E-state index in [4.69, 9.17) is 23.7 Å². The van der Waals surface area contributed by atoms with Crippen molar-refractivity contribution >= 4 is 17.9 Å². The number of ether oxygens (including phenoxy) is 5. The second-order valence-corrected chi connectivity index (χ2v) is 9.76. The molecule has 6 atom stereocenters. The van der Waals surface area contributed by atoms with Crippen molar-refractivity contribution in [2.24, 2.45) is 0 Å². The molecular formula is C30H28O9. The van der Waals surface area contributed by atoms with Crippen LogP contribution < -0.4 is 0 Å². The average molecular weight is 533 g/mol. The highest BCUT2D eigenvalue weighted by Crippen LogP contribution is 2.41. The molecule has 1 heterocycles. The van der Waals surface area contributed by atoms with Crippen molar-refractivity contribution in [3.05, 3.63) is 108 Å². The van der Waals surface area contributed by atoms with Crippen LogP contribution in [0.5, 0.6) is 0 Å². The van der Waals surface area contributed by atoms with Gasteiger partial charge in [-0.1, -0.05) is 54.6 Å². The second kappa shape index (κ2) is 11.0. The summed E-state index contributed by atoms with van der Waals surface area (Å²) in [6, 6.07) is 24.6. The predicted octanol–water partition coefficient (Wildman–Crippen LogP) is 3.56. The normalized spacial score (nSPS) is 27.2. The topological polar surface area (TPSA) is 118 Å². The molecule has 0 unspecified atom stereocenters. The molecule has 202 valence electrons. The van der Waals surface area contributed by atoms with Gasteiger partial charge in [-0.25, -0.2) is 14.4 Å². The van der Waals surface area contributed by atoms with Gasteiger partial charge in [-0.2, -0.15) is 0 Å². The number of aliphatic hydroxyl groups excluding tert-OH is 1. The number of benzene rings is 3. The van der Waals surface area contributed by atoms with E-state index in [9.17, 15) is 19.5 Å². The summed E-state index contributed by atoms with van der Waals surface area (Å²) in [6.07, 6.45) is -7.69. The zero-order valence-electron chi connectivity index (χ0n) is 21.3. The first-order valence-electron chi connectivity index (χ1n) is 12.6. The highest BCUT2D eigenvalue weighted by atomic mass is 16.8. The molecule has 1 N–H and O–H groups in total. The maximum atomic E-state index is 13.2. The van der Waals surface area contributed by atoms with Crippen LogP contribution in [0.2, 0.25) is 0 Å². The van der Waals surface area contributed by atoms with Gasteiger partial charge in [-0.3, -0.25) is 0 Å². The number of rotatable bonds is 6. The first-order chi connectivity index (χ1) is 18.7. The summed E-state index contributed by atoms with van der Waals surface area (Å²) >= 11 is 0. The Balaban J connectivity index is 1.53. The number of aliphatic hydroxyl groups is 1. The standard InChI is InChI=1S/C30H28O9/c1-30(2)38-23-21(31)22(35-27(32)18-12-6-3-7-13-18)24(36-28(33)19-14-8-4-9-15-19)25(26(23)39-30)37-29(34)20-16-10-5-11-17-20/h3-17,21-26,31H,1-2H3/t21-,22-,23+,24+,25-,26+/m1/s1. The molecule has 2 fully saturated rings. The number of hydrogen-bond acceptors (Lipinski definition) is 9. The average Bonchev–Trinajstić information content (AvgIpc) is 3.29. The summed E-state index contributed by atoms with van der Waals surface area (Å²) in [5, 5.41) is 11.4. The smallest absolute Gasteiger partial charge is 0.338 e. The Hall–Kier alpha value is -4.05. The van der Waals surface area contributed by atoms with Crippen LogP contribution in [-0.4, -0.2) is 65.4 Å². The molecule has 0 bridgehead atoms. The summed E-state index contributed by atoms with van der Waals surface area (Å²) in [4.78, 5) is 39.4. The van der Waals surface area contributed by atoms with Crippen LogP contribution in [0.4, 0.5) is 0 Å². The Morgan fingerprint density at radius 1 is 0.590 bits per heavy atom. The fourth-order valence-corrected chi connectivity index (χ4v) is 4.79. The van der Waals surface area contributed by atoms with Crippen molar-refractivity contribution in [1.29, 1.82) is 0 Å². The van der Waals surface area contributed by atoms with E-state index in [1.807, 2.05) is 0 Å². The maximum absolute atomic E-state index is 13.2. The van der Waals surface area contributed by atoms with Crippen molar-refractivity contribution in [3.63, 3.8) is 0 Å². The summed E-state index contributed by atoms with van der Waals surface area (Å²) in [5.74, 6) is -3.39. The van der Waals surface area contributed by atoms with E-state index >= 15 is 0 Å². The molecule has 1 saturated carbocycles. The molecule has 9 nitrogen and oxygen atoms in total. The monoisotopic (exact) mass is 532 g/mol. The van der Waals surface area contributed by atoms with E-state index in [1.54, 1.807) is 105 Å². The zero-order chi connectivity index (χ0) is 27.6. The molecular weight excluding hydrogens is 504 g/mol. The molecule has 2 aliphatic rings. The van der Waals surface area contributed by atoms with Gasteiger partial charge >= 0.3 is 17.9 Å². The third-order valence-corrected chi connectivity index (χ3v) is 6.57. The predicted molar refractivity (Wildman–Crippen MR) is 137 cm³/mol. The molecule has 0 amide bonds. The molecule has 9 heteroatoms. The van der Waals surface area contributed by atoms with Crippen LogP contribution in [0.25, 0.3) is 0 Å².